The molecule has 106 valence electrons. The van der Waals surface area contributed by atoms with Gasteiger partial charge in [0.2, 0.25) is 5.91 Å². The van der Waals surface area contributed by atoms with E-state index < -0.39 is 17.7 Å². The second-order valence-electron chi connectivity index (χ2n) is 4.23. The van der Waals surface area contributed by atoms with E-state index in [1.807, 2.05) is 13.8 Å². The van der Waals surface area contributed by atoms with Gasteiger partial charge in [0, 0.05) is 19.2 Å². The fraction of sp³-hybridized carbons (Fsp3) is 0.462. The summed E-state index contributed by atoms with van der Waals surface area (Å²) in [6.45, 7) is 6.51. The van der Waals surface area contributed by atoms with E-state index in [2.05, 4.69) is 5.32 Å². The highest BCUT2D eigenvalue weighted by atomic mass is 19.1. The molecule has 1 aromatic carbocycles. The molecular formula is C13H19F2N3O. The molecule has 0 aliphatic carbocycles. The molecule has 1 atom stereocenters. The van der Waals surface area contributed by atoms with E-state index in [0.717, 1.165) is 6.07 Å². The summed E-state index contributed by atoms with van der Waals surface area (Å²) in [5.74, 6) is -1.73. The highest BCUT2D eigenvalue weighted by molar-refractivity contribution is 5.85. The number of nitrogens with zero attached hydrogens (tertiary/aromatic N) is 1. The van der Waals surface area contributed by atoms with Gasteiger partial charge in [-0.1, -0.05) is 0 Å². The Labute approximate surface area is 111 Å². The smallest absolute Gasteiger partial charge is 0.244 e. The first-order valence-corrected chi connectivity index (χ1v) is 6.20. The number of halogens is 2. The quantitative estimate of drug-likeness (QED) is 0.807. The number of hydrogen-bond donors (Lipinski definition) is 2. The van der Waals surface area contributed by atoms with Crippen LogP contribution in [0.15, 0.2) is 12.1 Å². The Hall–Kier alpha value is -1.85. The summed E-state index contributed by atoms with van der Waals surface area (Å²) in [6, 6.07) is 1.17. The predicted molar refractivity (Wildman–Crippen MR) is 71.8 cm³/mol. The Balaban J connectivity index is 2.88. The van der Waals surface area contributed by atoms with Gasteiger partial charge in [-0.2, -0.15) is 0 Å². The van der Waals surface area contributed by atoms with Gasteiger partial charge in [-0.25, -0.2) is 8.78 Å². The average molecular weight is 271 g/mol. The zero-order valence-electron chi connectivity index (χ0n) is 11.3. The Bertz CT molecular complexity index is 461. The molecule has 1 rings (SSSR count). The van der Waals surface area contributed by atoms with E-state index in [9.17, 15) is 13.6 Å². The lowest BCUT2D eigenvalue weighted by atomic mass is 10.2. The molecule has 0 spiro atoms. The van der Waals surface area contributed by atoms with Crippen molar-refractivity contribution in [1.29, 1.82) is 0 Å². The van der Waals surface area contributed by atoms with E-state index in [4.69, 9.17) is 5.73 Å². The van der Waals surface area contributed by atoms with Crippen LogP contribution in [0, 0.1) is 11.6 Å². The Morgan fingerprint density at radius 3 is 2.47 bits per heavy atom. The van der Waals surface area contributed by atoms with Crippen LogP contribution in [0.3, 0.4) is 0 Å². The third kappa shape index (κ3) is 3.56. The van der Waals surface area contributed by atoms with E-state index >= 15 is 0 Å². The molecule has 1 amide bonds. The summed E-state index contributed by atoms with van der Waals surface area (Å²) in [5, 5.41) is 2.74. The van der Waals surface area contributed by atoms with Gasteiger partial charge >= 0.3 is 0 Å². The molecule has 0 aliphatic heterocycles. The van der Waals surface area contributed by atoms with Crippen molar-refractivity contribution < 1.29 is 13.6 Å². The van der Waals surface area contributed by atoms with Gasteiger partial charge < -0.3 is 16.0 Å². The zero-order valence-corrected chi connectivity index (χ0v) is 11.3. The van der Waals surface area contributed by atoms with Crippen LogP contribution in [-0.2, 0) is 4.79 Å². The lowest BCUT2D eigenvalue weighted by Gasteiger charge is -2.24. The first kappa shape index (κ1) is 15.2. The minimum Gasteiger partial charge on any atom is -0.395 e. The molecule has 0 radical (unpaired) electrons. The predicted octanol–water partition coefficient (Wildman–Crippen LogP) is 2.22. The normalized spacial score (nSPS) is 12.1. The minimum absolute atomic E-state index is 0.0884. The van der Waals surface area contributed by atoms with Crippen molar-refractivity contribution in [2.24, 2.45) is 0 Å². The van der Waals surface area contributed by atoms with Crippen molar-refractivity contribution >= 4 is 17.3 Å². The summed E-state index contributed by atoms with van der Waals surface area (Å²) in [4.78, 5) is 13.7. The zero-order chi connectivity index (χ0) is 14.6. The number of carbonyl (C=O) groups excluding carboxylic acids is 1. The number of anilines is 2. The van der Waals surface area contributed by atoms with E-state index in [0.29, 0.717) is 19.2 Å². The third-order valence-corrected chi connectivity index (χ3v) is 2.91. The van der Waals surface area contributed by atoms with Crippen LogP contribution in [0.25, 0.3) is 0 Å². The van der Waals surface area contributed by atoms with Crippen molar-refractivity contribution in [3.63, 3.8) is 0 Å². The van der Waals surface area contributed by atoms with E-state index in [1.54, 1.807) is 11.8 Å². The van der Waals surface area contributed by atoms with Crippen LogP contribution in [-0.4, -0.2) is 29.9 Å². The summed E-state index contributed by atoms with van der Waals surface area (Å²) >= 11 is 0. The molecule has 0 fully saturated rings. The number of hydrogen-bond acceptors (Lipinski definition) is 3. The van der Waals surface area contributed by atoms with Crippen LogP contribution in [0.5, 0.6) is 0 Å². The number of benzene rings is 1. The topological polar surface area (TPSA) is 58.4 Å². The van der Waals surface area contributed by atoms with Crippen LogP contribution in [0.4, 0.5) is 20.2 Å². The summed E-state index contributed by atoms with van der Waals surface area (Å²) in [6.07, 6.45) is 0. The van der Waals surface area contributed by atoms with Gasteiger partial charge in [0.15, 0.2) is 5.82 Å². The minimum atomic E-state index is -0.843. The van der Waals surface area contributed by atoms with Gasteiger partial charge in [0.25, 0.3) is 0 Å². The van der Waals surface area contributed by atoms with Crippen molar-refractivity contribution in [3.8, 4) is 0 Å². The molecule has 3 N–H and O–H groups in total. The molecule has 6 heteroatoms. The first-order valence-electron chi connectivity index (χ1n) is 6.20. The fourth-order valence-corrected chi connectivity index (χ4v) is 1.81. The molecule has 0 aromatic heterocycles. The molecule has 0 aliphatic rings. The number of nitrogens with one attached hydrogen (secondary N) is 1. The average Bonchev–Trinajstić information content (AvgIpc) is 2.36. The second-order valence-corrected chi connectivity index (χ2v) is 4.23. The molecule has 4 nitrogen and oxygen atoms in total. The number of carbonyl (C=O) groups is 1. The third-order valence-electron chi connectivity index (χ3n) is 2.91. The van der Waals surface area contributed by atoms with Crippen molar-refractivity contribution in [2.75, 3.05) is 24.1 Å². The fourth-order valence-electron chi connectivity index (χ4n) is 1.81. The van der Waals surface area contributed by atoms with E-state index in [-0.39, 0.29) is 17.3 Å². The Morgan fingerprint density at radius 1 is 1.37 bits per heavy atom. The standard InChI is InChI=1S/C13H19F2N3O/c1-4-18(5-2)13(19)8(3)17-11-7-9(14)6-10(15)12(11)16/h6-8,17H,4-5,16H2,1-3H3. The largest absolute Gasteiger partial charge is 0.395 e. The molecule has 0 saturated heterocycles. The number of likely N-dealkylation sites (N-methyl/N-ethyl adjacent to an activating group) is 1. The van der Waals surface area contributed by atoms with Gasteiger partial charge in [-0.3, -0.25) is 4.79 Å². The molecular weight excluding hydrogens is 252 g/mol. The number of nitrogens with two attached hydrogens (primary N) is 1. The maximum absolute atomic E-state index is 13.3. The summed E-state index contributed by atoms with van der Waals surface area (Å²) in [7, 11) is 0. The molecule has 0 bridgehead atoms. The first-order chi connectivity index (χ1) is 8.90. The van der Waals surface area contributed by atoms with Crippen molar-refractivity contribution in [1.82, 2.24) is 4.90 Å². The van der Waals surface area contributed by atoms with Crippen LogP contribution >= 0.6 is 0 Å². The van der Waals surface area contributed by atoms with Gasteiger partial charge in [-0.05, 0) is 26.8 Å². The van der Waals surface area contributed by atoms with Crippen LogP contribution in [0.2, 0.25) is 0 Å². The van der Waals surface area contributed by atoms with E-state index in [1.165, 1.54) is 0 Å². The number of amides is 1. The van der Waals surface area contributed by atoms with Crippen LogP contribution in [0.1, 0.15) is 20.8 Å². The van der Waals surface area contributed by atoms with Gasteiger partial charge in [0.05, 0.1) is 11.4 Å². The highest BCUT2D eigenvalue weighted by Gasteiger charge is 2.19. The van der Waals surface area contributed by atoms with Gasteiger partial charge in [-0.15, -0.1) is 0 Å². The number of nitrogen functional groups attached to an aromatic ring is 1. The molecule has 1 aromatic rings. The van der Waals surface area contributed by atoms with Crippen molar-refractivity contribution in [3.05, 3.63) is 23.8 Å². The number of rotatable bonds is 5. The summed E-state index contributed by atoms with van der Waals surface area (Å²) in [5.41, 5.74) is 5.41. The monoisotopic (exact) mass is 271 g/mol. The molecule has 0 heterocycles. The van der Waals surface area contributed by atoms with Crippen molar-refractivity contribution in [2.45, 2.75) is 26.8 Å². The maximum atomic E-state index is 13.3. The lowest BCUT2D eigenvalue weighted by molar-refractivity contribution is -0.131. The summed E-state index contributed by atoms with van der Waals surface area (Å²) < 4.78 is 26.4. The van der Waals surface area contributed by atoms with Gasteiger partial charge in [0.1, 0.15) is 11.9 Å². The van der Waals surface area contributed by atoms with Crippen LogP contribution < -0.4 is 11.1 Å². The second kappa shape index (κ2) is 6.36. The SMILES string of the molecule is CCN(CC)C(=O)C(C)Nc1cc(F)cc(F)c1N. The maximum Gasteiger partial charge on any atom is 0.244 e. The lowest BCUT2D eigenvalue weighted by Crippen LogP contribution is -2.41. The Kier molecular flexibility index (Phi) is 5.09. The highest BCUT2D eigenvalue weighted by Crippen LogP contribution is 2.24. The Morgan fingerprint density at radius 2 is 1.95 bits per heavy atom. The molecule has 19 heavy (non-hydrogen) atoms. The molecule has 1 unspecified atom stereocenters. The molecule has 0 saturated carbocycles.